The van der Waals surface area contributed by atoms with Crippen molar-refractivity contribution in [3.05, 3.63) is 0 Å². The molecule has 0 aromatic rings. The van der Waals surface area contributed by atoms with Crippen molar-refractivity contribution in [3.8, 4) is 0 Å². The van der Waals surface area contributed by atoms with Crippen LogP contribution in [0.1, 0.15) is 13.8 Å². The molecular formula is C3H12NO3P. The second-order valence-electron chi connectivity index (χ2n) is 1.83. The molecule has 0 rings (SSSR count). The Labute approximate surface area is 48.9 Å². The fourth-order valence-electron chi connectivity index (χ4n) is 0.347. The van der Waals surface area contributed by atoms with E-state index in [1.54, 1.807) is 13.8 Å². The molecular weight excluding hydrogens is 129 g/mol. The first-order valence-electron chi connectivity index (χ1n) is 2.33. The third-order valence-electron chi connectivity index (χ3n) is 0.409. The molecule has 0 saturated carbocycles. The van der Waals surface area contributed by atoms with Crippen molar-refractivity contribution in [2.45, 2.75) is 20.0 Å². The van der Waals surface area contributed by atoms with Gasteiger partial charge in [0.15, 0.2) is 0 Å². The Morgan fingerprint density at radius 2 is 1.88 bits per heavy atom. The summed E-state index contributed by atoms with van der Waals surface area (Å²) in [5.74, 6) is 0. The van der Waals surface area contributed by atoms with Crippen LogP contribution in [0.5, 0.6) is 0 Å². The Hall–Kier alpha value is 0.270. The number of rotatable bonds is 2. The number of hydrogen-bond donors (Lipinski definition) is 3. The van der Waals surface area contributed by atoms with Crippen molar-refractivity contribution < 1.29 is 14.3 Å². The van der Waals surface area contributed by atoms with Gasteiger partial charge in [-0.3, -0.25) is 0 Å². The summed E-state index contributed by atoms with van der Waals surface area (Å²) in [7, 11) is -3.72. The van der Waals surface area contributed by atoms with E-state index >= 15 is 0 Å². The molecule has 52 valence electrons. The summed E-state index contributed by atoms with van der Waals surface area (Å²) in [6.07, 6.45) is -0.221. The summed E-state index contributed by atoms with van der Waals surface area (Å²) >= 11 is 0. The van der Waals surface area contributed by atoms with Crippen molar-refractivity contribution in [3.63, 3.8) is 0 Å². The summed E-state index contributed by atoms with van der Waals surface area (Å²) in [5.41, 5.74) is 4.76. The third kappa shape index (κ3) is 6.27. The number of hydrogen-bond acceptors (Lipinski definition) is 4. The zero-order valence-corrected chi connectivity index (χ0v) is 5.96. The second-order valence-corrected chi connectivity index (χ2v) is 3.38. The minimum atomic E-state index is -3.72. The molecule has 0 aliphatic rings. The Morgan fingerprint density at radius 1 is 1.50 bits per heavy atom. The normalized spacial score (nSPS) is 14.8. The van der Waals surface area contributed by atoms with Gasteiger partial charge in [-0.05, 0) is 0 Å². The van der Waals surface area contributed by atoms with E-state index in [0.717, 1.165) is 0 Å². The molecule has 0 aliphatic carbocycles. The molecule has 0 unspecified atom stereocenters. The van der Waals surface area contributed by atoms with E-state index in [2.05, 4.69) is 4.52 Å². The Bertz CT molecular complexity index is 69.4. The van der Waals surface area contributed by atoms with Crippen LogP contribution < -0.4 is 5.50 Å². The summed E-state index contributed by atoms with van der Waals surface area (Å²) in [4.78, 5) is 16.9. The van der Waals surface area contributed by atoms with Crippen LogP contribution in [0.2, 0.25) is 0 Å². The van der Waals surface area contributed by atoms with E-state index < -0.39 is 8.09 Å². The molecule has 0 atom stereocenters. The van der Waals surface area contributed by atoms with Crippen molar-refractivity contribution in [2.75, 3.05) is 0 Å². The average molecular weight is 141 g/mol. The van der Waals surface area contributed by atoms with Crippen molar-refractivity contribution in [2.24, 2.45) is 5.50 Å². The molecule has 0 aromatic heterocycles. The van der Waals surface area contributed by atoms with Gasteiger partial charge >= 0.3 is 47.9 Å². The van der Waals surface area contributed by atoms with Gasteiger partial charge in [0.2, 0.25) is 0 Å². The van der Waals surface area contributed by atoms with Crippen LogP contribution in [-0.4, -0.2) is 15.9 Å². The zero-order valence-electron chi connectivity index (χ0n) is 4.96. The average Bonchev–Trinajstić information content (AvgIpc) is 1.21. The number of nitrogens with two attached hydrogens (primary N) is 1. The predicted octanol–water partition coefficient (Wildman–Crippen LogP) is -0.235. The fraction of sp³-hybridized carbons (Fsp3) is 1.00. The van der Waals surface area contributed by atoms with E-state index in [1.807, 2.05) is 0 Å². The summed E-state index contributed by atoms with van der Waals surface area (Å²) in [5, 5.41) is 0. The molecule has 4 nitrogen and oxygen atoms in total. The van der Waals surface area contributed by atoms with Gasteiger partial charge in [0.1, 0.15) is 0 Å². The van der Waals surface area contributed by atoms with Crippen LogP contribution in [0.25, 0.3) is 0 Å². The van der Waals surface area contributed by atoms with Gasteiger partial charge in [-0.1, -0.05) is 0 Å². The summed E-state index contributed by atoms with van der Waals surface area (Å²) in [6, 6.07) is 0. The van der Waals surface area contributed by atoms with E-state index in [4.69, 9.17) is 15.3 Å². The first-order valence-corrected chi connectivity index (χ1v) is 4.21. The SMILES string of the molecule is CC(C)O[PH](N)(O)O. The van der Waals surface area contributed by atoms with E-state index in [1.165, 1.54) is 0 Å². The van der Waals surface area contributed by atoms with Crippen molar-refractivity contribution >= 4 is 8.09 Å². The van der Waals surface area contributed by atoms with Gasteiger partial charge in [0.25, 0.3) is 0 Å². The van der Waals surface area contributed by atoms with Crippen LogP contribution in [0.15, 0.2) is 0 Å². The molecule has 0 heterocycles. The predicted molar refractivity (Wildman–Crippen MR) is 33.2 cm³/mol. The Balaban J connectivity index is 3.39. The fourth-order valence-corrected chi connectivity index (χ4v) is 1.04. The van der Waals surface area contributed by atoms with Gasteiger partial charge in [-0.2, -0.15) is 0 Å². The molecule has 0 radical (unpaired) electrons. The molecule has 0 fully saturated rings. The maximum atomic E-state index is 8.44. The van der Waals surface area contributed by atoms with E-state index in [0.29, 0.717) is 0 Å². The van der Waals surface area contributed by atoms with Gasteiger partial charge in [0, 0.05) is 0 Å². The van der Waals surface area contributed by atoms with Gasteiger partial charge in [-0.15, -0.1) is 0 Å². The van der Waals surface area contributed by atoms with Crippen molar-refractivity contribution in [1.29, 1.82) is 0 Å². The molecule has 0 bridgehead atoms. The standard InChI is InChI=1S/C3H12NO3P/c1-3(2)7-8(4,5)6/h3,5-6,8H,4H2,1-2H3. The third-order valence-corrected chi connectivity index (χ3v) is 1.23. The van der Waals surface area contributed by atoms with Crippen LogP contribution in [0.3, 0.4) is 0 Å². The van der Waals surface area contributed by atoms with Gasteiger partial charge in [-0.25, -0.2) is 0 Å². The maximum absolute atomic E-state index is 8.44. The van der Waals surface area contributed by atoms with Gasteiger partial charge in [0.05, 0.1) is 0 Å². The van der Waals surface area contributed by atoms with Crippen LogP contribution in [0, 0.1) is 0 Å². The first kappa shape index (κ1) is 8.27. The van der Waals surface area contributed by atoms with Crippen LogP contribution >= 0.6 is 8.09 Å². The van der Waals surface area contributed by atoms with Gasteiger partial charge < -0.3 is 0 Å². The second kappa shape index (κ2) is 2.71. The van der Waals surface area contributed by atoms with Crippen LogP contribution in [0.4, 0.5) is 0 Å². The minimum absolute atomic E-state index is 0.221. The Kier molecular flexibility index (Phi) is 2.80. The molecule has 0 aromatic carbocycles. The molecule has 5 heteroatoms. The van der Waals surface area contributed by atoms with Crippen LogP contribution in [-0.2, 0) is 4.52 Å². The molecule has 0 saturated heterocycles. The molecule has 0 amide bonds. The molecule has 0 aliphatic heterocycles. The Morgan fingerprint density at radius 3 is 1.88 bits per heavy atom. The summed E-state index contributed by atoms with van der Waals surface area (Å²) in [6.45, 7) is 3.36. The zero-order chi connectivity index (χ0) is 6.78. The monoisotopic (exact) mass is 141 g/mol. The molecule has 0 spiro atoms. The first-order chi connectivity index (χ1) is 3.42. The van der Waals surface area contributed by atoms with Crippen molar-refractivity contribution in [1.82, 2.24) is 0 Å². The molecule has 8 heavy (non-hydrogen) atoms. The quantitative estimate of drug-likeness (QED) is 0.464. The van der Waals surface area contributed by atoms with E-state index in [9.17, 15) is 0 Å². The van der Waals surface area contributed by atoms with E-state index in [-0.39, 0.29) is 6.10 Å². The molecule has 4 N–H and O–H groups in total. The topological polar surface area (TPSA) is 75.7 Å². The summed E-state index contributed by atoms with van der Waals surface area (Å²) < 4.78 is 4.47.